The quantitative estimate of drug-likeness (QED) is 0.224. The molecule has 45 heavy (non-hydrogen) atoms. The van der Waals surface area contributed by atoms with E-state index in [2.05, 4.69) is 15.3 Å². The van der Waals surface area contributed by atoms with Crippen LogP contribution < -0.4 is 4.90 Å². The smallest absolute Gasteiger partial charge is 0.306 e. The minimum Gasteiger partial charge on any atom is -0.464 e. The predicted molar refractivity (Wildman–Crippen MR) is 171 cm³/mol. The summed E-state index contributed by atoms with van der Waals surface area (Å²) < 4.78 is 38.5. The summed E-state index contributed by atoms with van der Waals surface area (Å²) in [6.45, 7) is 5.86. The van der Waals surface area contributed by atoms with Crippen LogP contribution >= 0.6 is 0 Å². The van der Waals surface area contributed by atoms with Crippen molar-refractivity contribution in [2.45, 2.75) is 44.2 Å². The Morgan fingerprint density at radius 1 is 1.04 bits per heavy atom. The Morgan fingerprint density at radius 3 is 2.67 bits per heavy atom. The number of likely N-dealkylation sites (N-methyl/N-ethyl adjacent to an activating group) is 1. The van der Waals surface area contributed by atoms with Gasteiger partial charge in [0.1, 0.15) is 17.0 Å². The van der Waals surface area contributed by atoms with Crippen molar-refractivity contribution in [3.63, 3.8) is 0 Å². The summed E-state index contributed by atoms with van der Waals surface area (Å²) in [5.41, 5.74) is 7.02. The van der Waals surface area contributed by atoms with Crippen molar-refractivity contribution in [2.24, 2.45) is 7.05 Å². The maximum atomic E-state index is 13.8. The number of hydrogen-bond donors (Lipinski definition) is 0. The van der Waals surface area contributed by atoms with E-state index in [9.17, 15) is 13.2 Å². The lowest BCUT2D eigenvalue weighted by molar-refractivity contribution is -0.144. The fourth-order valence-electron chi connectivity index (χ4n) is 6.01. The fourth-order valence-corrected chi connectivity index (χ4v) is 7.66. The molecule has 2 aromatic heterocycles. The summed E-state index contributed by atoms with van der Waals surface area (Å²) in [6, 6.07) is 17.2. The Balaban J connectivity index is 1.33. The molecule has 0 aliphatic carbocycles. The molecule has 0 fully saturated rings. The number of sulfonamides is 1. The zero-order chi connectivity index (χ0) is 31.7. The van der Waals surface area contributed by atoms with E-state index in [1.54, 1.807) is 33.6 Å². The van der Waals surface area contributed by atoms with Crippen molar-refractivity contribution in [1.82, 2.24) is 28.9 Å². The zero-order valence-electron chi connectivity index (χ0n) is 25.9. The van der Waals surface area contributed by atoms with Gasteiger partial charge in [0.15, 0.2) is 0 Å². The average molecular weight is 628 g/mol. The van der Waals surface area contributed by atoms with Crippen LogP contribution in [-0.4, -0.2) is 70.0 Å². The van der Waals surface area contributed by atoms with Crippen LogP contribution in [0.15, 0.2) is 78.2 Å². The molecule has 0 saturated heterocycles. The van der Waals surface area contributed by atoms with Crippen molar-refractivity contribution >= 4 is 32.7 Å². The molecule has 5 aromatic rings. The summed E-state index contributed by atoms with van der Waals surface area (Å²) in [5.74, 6) is -0.667. The molecule has 1 aliphatic rings. The number of para-hydroxylation sites is 1. The molecule has 1 aliphatic heterocycles. The second-order valence-electron chi connectivity index (χ2n) is 11.6. The first kappa shape index (κ1) is 30.5. The van der Waals surface area contributed by atoms with Crippen molar-refractivity contribution in [1.29, 1.82) is 0 Å². The zero-order valence-corrected chi connectivity index (χ0v) is 26.7. The summed E-state index contributed by atoms with van der Waals surface area (Å²) in [5, 5.41) is 8.57. The number of hydrogen-bond acceptors (Lipinski definition) is 8. The summed E-state index contributed by atoms with van der Waals surface area (Å²) in [6.07, 6.45) is 5.31. The van der Waals surface area contributed by atoms with Crippen molar-refractivity contribution < 1.29 is 17.9 Å². The van der Waals surface area contributed by atoms with Gasteiger partial charge in [-0.2, -0.15) is 4.31 Å². The summed E-state index contributed by atoms with van der Waals surface area (Å²) >= 11 is 0. The number of imidazole rings is 1. The van der Waals surface area contributed by atoms with E-state index >= 15 is 0 Å². The number of carbonyl (C=O) groups excluding carboxylic acids is 1. The molecule has 1 unspecified atom stereocenters. The van der Waals surface area contributed by atoms with E-state index in [1.807, 2.05) is 86.1 Å². The van der Waals surface area contributed by atoms with Gasteiger partial charge < -0.3 is 14.2 Å². The van der Waals surface area contributed by atoms with Gasteiger partial charge in [-0.15, -0.1) is 5.10 Å². The highest BCUT2D eigenvalue weighted by Crippen LogP contribution is 2.36. The molecule has 1 atom stereocenters. The first-order chi connectivity index (χ1) is 21.6. The SMILES string of the molecule is Cc1ccc(C(CC(=O)OCCn2ccnc2)c2ccc3c(nnn3C)c2C)cc1CN1CCN(C)c2ccccc2S1(=O)=O. The van der Waals surface area contributed by atoms with Crippen LogP contribution in [0.2, 0.25) is 0 Å². The molecule has 0 bridgehead atoms. The number of benzene rings is 3. The first-order valence-electron chi connectivity index (χ1n) is 14.9. The number of aromatic nitrogens is 5. The largest absolute Gasteiger partial charge is 0.464 e. The molecular formula is C33H37N7O4S. The Morgan fingerprint density at radius 2 is 1.87 bits per heavy atom. The van der Waals surface area contributed by atoms with Crippen LogP contribution in [0.5, 0.6) is 0 Å². The van der Waals surface area contributed by atoms with Gasteiger partial charge in [0.2, 0.25) is 10.0 Å². The van der Waals surface area contributed by atoms with E-state index < -0.39 is 10.0 Å². The minimum atomic E-state index is -3.74. The van der Waals surface area contributed by atoms with Gasteiger partial charge in [0.25, 0.3) is 0 Å². The number of aryl methyl sites for hydroxylation is 3. The third kappa shape index (κ3) is 6.07. The Labute approximate surface area is 263 Å². The fraction of sp³-hybridized carbons (Fsp3) is 0.333. The summed E-state index contributed by atoms with van der Waals surface area (Å²) in [4.78, 5) is 19.6. The second kappa shape index (κ2) is 12.4. The molecule has 234 valence electrons. The van der Waals surface area contributed by atoms with Crippen LogP contribution in [0.25, 0.3) is 11.0 Å². The highest BCUT2D eigenvalue weighted by atomic mass is 32.2. The lowest BCUT2D eigenvalue weighted by Crippen LogP contribution is -2.33. The van der Waals surface area contributed by atoms with Gasteiger partial charge in [-0.05, 0) is 59.9 Å². The van der Waals surface area contributed by atoms with Crippen LogP contribution in [-0.2, 0) is 39.7 Å². The van der Waals surface area contributed by atoms with Crippen molar-refractivity contribution in [2.75, 3.05) is 31.6 Å². The lowest BCUT2D eigenvalue weighted by atomic mass is 9.84. The molecule has 0 amide bonds. The minimum absolute atomic E-state index is 0.110. The molecule has 0 radical (unpaired) electrons. The maximum absolute atomic E-state index is 13.8. The molecule has 12 heteroatoms. The standard InChI is InChI=1S/C33H37N7O4S/c1-23-9-10-25(19-26(23)21-40-16-15-37(3)29-7-5-6-8-31(29)45(40,42)43)28(20-32(41)44-18-17-39-14-13-34-22-39)27-11-12-30-33(24(27)2)35-36-38(30)4/h5-14,19,22,28H,15-18,20-21H2,1-4H3. The van der Waals surface area contributed by atoms with Gasteiger partial charge >= 0.3 is 5.97 Å². The highest BCUT2D eigenvalue weighted by Gasteiger charge is 2.32. The molecule has 3 heterocycles. The van der Waals surface area contributed by atoms with E-state index in [1.165, 1.54) is 0 Å². The van der Waals surface area contributed by atoms with Gasteiger partial charge in [-0.1, -0.05) is 41.6 Å². The molecule has 6 rings (SSSR count). The molecule has 0 saturated carbocycles. The normalized spacial score (nSPS) is 15.5. The summed E-state index contributed by atoms with van der Waals surface area (Å²) in [7, 11) is 0.0303. The lowest BCUT2D eigenvalue weighted by Gasteiger charge is -2.24. The number of anilines is 1. The topological polar surface area (TPSA) is 115 Å². The third-order valence-corrected chi connectivity index (χ3v) is 10.6. The average Bonchev–Trinajstić information content (AvgIpc) is 3.67. The predicted octanol–water partition coefficient (Wildman–Crippen LogP) is 4.19. The van der Waals surface area contributed by atoms with Crippen molar-refractivity contribution in [3.8, 4) is 0 Å². The Kier molecular flexibility index (Phi) is 8.43. The van der Waals surface area contributed by atoms with E-state index in [4.69, 9.17) is 4.74 Å². The van der Waals surface area contributed by atoms with Crippen LogP contribution in [0.4, 0.5) is 5.69 Å². The second-order valence-corrected chi connectivity index (χ2v) is 13.5. The number of esters is 1. The molecule has 0 N–H and O–H groups in total. The highest BCUT2D eigenvalue weighted by molar-refractivity contribution is 7.89. The number of fused-ring (bicyclic) bond motifs is 2. The van der Waals surface area contributed by atoms with Crippen LogP contribution in [0.1, 0.15) is 40.2 Å². The molecular weight excluding hydrogens is 590 g/mol. The van der Waals surface area contributed by atoms with E-state index in [0.717, 1.165) is 38.9 Å². The Hall–Kier alpha value is -4.55. The first-order valence-corrected chi connectivity index (χ1v) is 16.4. The molecule has 0 spiro atoms. The van der Waals surface area contributed by atoms with Gasteiger partial charge in [0.05, 0.1) is 30.5 Å². The number of nitrogens with zero attached hydrogens (tertiary/aromatic N) is 7. The van der Waals surface area contributed by atoms with Gasteiger partial charge in [0, 0.05) is 52.0 Å². The molecule has 3 aromatic carbocycles. The number of carbonyl (C=O) groups is 1. The van der Waals surface area contributed by atoms with E-state index in [-0.39, 0.29) is 31.5 Å². The van der Waals surface area contributed by atoms with Crippen molar-refractivity contribution in [3.05, 3.63) is 101 Å². The van der Waals surface area contributed by atoms with Gasteiger partial charge in [-0.25, -0.2) is 18.1 Å². The maximum Gasteiger partial charge on any atom is 0.306 e. The number of ether oxygens (including phenoxy) is 1. The third-order valence-electron chi connectivity index (χ3n) is 8.70. The molecule has 11 nitrogen and oxygen atoms in total. The van der Waals surface area contributed by atoms with Crippen LogP contribution in [0.3, 0.4) is 0 Å². The van der Waals surface area contributed by atoms with Crippen LogP contribution in [0, 0.1) is 13.8 Å². The number of rotatable bonds is 9. The van der Waals surface area contributed by atoms with E-state index in [0.29, 0.717) is 30.2 Å². The Bertz CT molecular complexity index is 1950. The van der Waals surface area contributed by atoms with Gasteiger partial charge in [-0.3, -0.25) is 4.79 Å². The monoisotopic (exact) mass is 627 g/mol.